The van der Waals surface area contributed by atoms with Gasteiger partial charge in [0, 0.05) is 54.8 Å². The lowest BCUT2D eigenvalue weighted by atomic mass is 9.95. The molecule has 0 saturated heterocycles. The summed E-state index contributed by atoms with van der Waals surface area (Å²) in [6, 6.07) is 12.1. The van der Waals surface area contributed by atoms with Crippen molar-refractivity contribution in [3.05, 3.63) is 70.6 Å². The number of fused-ring (bicyclic) bond motifs is 2. The minimum atomic E-state index is -0.0232. The van der Waals surface area contributed by atoms with Crippen molar-refractivity contribution < 1.29 is 4.79 Å². The molecule has 0 atom stereocenters. The summed E-state index contributed by atoms with van der Waals surface area (Å²) >= 11 is 1.67. The first kappa shape index (κ1) is 19.9. The molecule has 0 radical (unpaired) electrons. The predicted octanol–water partition coefficient (Wildman–Crippen LogP) is 4.04. The second-order valence-corrected chi connectivity index (χ2v) is 8.71. The van der Waals surface area contributed by atoms with Gasteiger partial charge >= 0.3 is 0 Å². The smallest absolute Gasteiger partial charge is 0.252 e. The number of nitrogens with one attached hydrogen (secondary N) is 2. The van der Waals surface area contributed by atoms with Gasteiger partial charge in [0.05, 0.1) is 22.3 Å². The van der Waals surface area contributed by atoms with Gasteiger partial charge in [0.25, 0.3) is 5.91 Å². The predicted molar refractivity (Wildman–Crippen MR) is 124 cm³/mol. The highest BCUT2D eigenvalue weighted by molar-refractivity contribution is 7.13. The number of benzene rings is 1. The van der Waals surface area contributed by atoms with Crippen LogP contribution in [-0.2, 0) is 19.4 Å². The first-order chi connectivity index (χ1) is 15.2. The van der Waals surface area contributed by atoms with Crippen LogP contribution >= 0.6 is 11.3 Å². The van der Waals surface area contributed by atoms with E-state index in [2.05, 4.69) is 33.2 Å². The molecule has 3 aromatic heterocycles. The van der Waals surface area contributed by atoms with Crippen molar-refractivity contribution in [1.29, 1.82) is 0 Å². The number of hydrogen-bond acceptors (Lipinski definition) is 5. The van der Waals surface area contributed by atoms with Crippen LogP contribution in [0.25, 0.3) is 21.5 Å². The van der Waals surface area contributed by atoms with Crippen LogP contribution in [0.4, 0.5) is 0 Å². The number of para-hydroxylation sites is 1. The van der Waals surface area contributed by atoms with Gasteiger partial charge in [0.15, 0.2) is 0 Å². The van der Waals surface area contributed by atoms with Crippen LogP contribution < -0.4 is 5.32 Å². The van der Waals surface area contributed by atoms with Crippen LogP contribution in [0.3, 0.4) is 0 Å². The van der Waals surface area contributed by atoms with Crippen LogP contribution in [0.1, 0.15) is 34.2 Å². The number of carbonyl (C=O) groups excluding carboxylic acids is 1. The highest BCUT2D eigenvalue weighted by Crippen LogP contribution is 2.28. The van der Waals surface area contributed by atoms with Crippen molar-refractivity contribution in [2.24, 2.45) is 0 Å². The van der Waals surface area contributed by atoms with E-state index in [0.29, 0.717) is 13.0 Å². The molecular formula is C24H25N5OS. The summed E-state index contributed by atoms with van der Waals surface area (Å²) in [5.41, 5.74) is 5.81. The molecule has 31 heavy (non-hydrogen) atoms. The molecule has 0 saturated carbocycles. The van der Waals surface area contributed by atoms with Gasteiger partial charge in [-0.15, -0.1) is 11.3 Å². The Morgan fingerprint density at radius 1 is 1.26 bits per heavy atom. The number of aromatic amines is 1. The fourth-order valence-corrected chi connectivity index (χ4v) is 5.05. The van der Waals surface area contributed by atoms with Crippen LogP contribution in [0.2, 0.25) is 0 Å². The van der Waals surface area contributed by atoms with Crippen LogP contribution in [-0.4, -0.2) is 45.4 Å². The van der Waals surface area contributed by atoms with Crippen molar-refractivity contribution in [3.63, 3.8) is 0 Å². The van der Waals surface area contributed by atoms with Gasteiger partial charge in [0.1, 0.15) is 5.69 Å². The molecule has 0 bridgehead atoms. The number of hydrogen-bond donors (Lipinski definition) is 2. The summed E-state index contributed by atoms with van der Waals surface area (Å²) in [7, 11) is 0. The van der Waals surface area contributed by atoms with E-state index in [1.165, 1.54) is 0 Å². The van der Waals surface area contributed by atoms with Crippen molar-refractivity contribution in [2.45, 2.75) is 26.3 Å². The maximum atomic E-state index is 13.4. The Balaban J connectivity index is 1.40. The SMILES string of the molecule is CCN1CCc2nc3ccccc3c(C(=O)NCCc3[nH]cnc3-c3cccs3)c2C1. The van der Waals surface area contributed by atoms with Gasteiger partial charge in [-0.1, -0.05) is 31.2 Å². The maximum absolute atomic E-state index is 13.4. The fraction of sp³-hybridized carbons (Fsp3) is 0.292. The molecule has 4 aromatic rings. The molecule has 5 rings (SSSR count). The normalized spacial score (nSPS) is 14.0. The lowest BCUT2D eigenvalue weighted by Crippen LogP contribution is -2.34. The summed E-state index contributed by atoms with van der Waals surface area (Å²) in [4.78, 5) is 29.4. The standard InChI is InChI=1S/C24H25N5OS/c1-2-29-12-10-19-17(14-29)22(16-6-3-4-7-18(16)28-19)24(30)25-11-9-20-23(27-15-26-20)21-8-5-13-31-21/h3-8,13,15H,2,9-12,14H2,1H3,(H,25,30)(H,26,27). The lowest BCUT2D eigenvalue weighted by Gasteiger charge is -2.29. The molecule has 0 aliphatic carbocycles. The summed E-state index contributed by atoms with van der Waals surface area (Å²) in [5, 5.41) is 6.13. The van der Waals surface area contributed by atoms with Crippen LogP contribution in [0.5, 0.6) is 0 Å². The van der Waals surface area contributed by atoms with E-state index in [-0.39, 0.29) is 5.91 Å². The Hall–Kier alpha value is -3.03. The lowest BCUT2D eigenvalue weighted by molar-refractivity contribution is 0.0953. The zero-order valence-corrected chi connectivity index (χ0v) is 18.3. The Bertz CT molecular complexity index is 1210. The molecule has 0 fully saturated rings. The Morgan fingerprint density at radius 2 is 2.16 bits per heavy atom. The number of thiophene rings is 1. The average molecular weight is 432 g/mol. The number of likely N-dealkylation sites (N-methyl/N-ethyl adjacent to an activating group) is 1. The topological polar surface area (TPSA) is 73.9 Å². The molecule has 1 aliphatic heterocycles. The second-order valence-electron chi connectivity index (χ2n) is 7.76. The fourth-order valence-electron chi connectivity index (χ4n) is 4.30. The molecule has 1 amide bonds. The van der Waals surface area contributed by atoms with Crippen molar-refractivity contribution in [3.8, 4) is 10.6 Å². The van der Waals surface area contributed by atoms with E-state index >= 15 is 0 Å². The molecule has 0 spiro atoms. The Morgan fingerprint density at radius 3 is 3.00 bits per heavy atom. The zero-order chi connectivity index (χ0) is 21.2. The number of imidazole rings is 1. The number of aromatic nitrogens is 3. The van der Waals surface area contributed by atoms with E-state index in [1.807, 2.05) is 35.7 Å². The number of amides is 1. The van der Waals surface area contributed by atoms with Crippen molar-refractivity contribution >= 4 is 28.1 Å². The molecule has 1 aliphatic rings. The van der Waals surface area contributed by atoms with Crippen molar-refractivity contribution in [1.82, 2.24) is 25.2 Å². The van der Waals surface area contributed by atoms with Crippen LogP contribution in [0.15, 0.2) is 48.1 Å². The quantitative estimate of drug-likeness (QED) is 0.483. The molecule has 2 N–H and O–H groups in total. The molecule has 0 unspecified atom stereocenters. The Labute approximate surface area is 185 Å². The van der Waals surface area contributed by atoms with E-state index in [9.17, 15) is 4.79 Å². The van der Waals surface area contributed by atoms with E-state index in [4.69, 9.17) is 4.98 Å². The average Bonchev–Trinajstić information content (AvgIpc) is 3.48. The summed E-state index contributed by atoms with van der Waals surface area (Å²) < 4.78 is 0. The van der Waals surface area contributed by atoms with Crippen LogP contribution in [0, 0.1) is 0 Å². The summed E-state index contributed by atoms with van der Waals surface area (Å²) in [6.45, 7) is 5.44. The van der Waals surface area contributed by atoms with Gasteiger partial charge in [-0.2, -0.15) is 0 Å². The van der Waals surface area contributed by atoms with Gasteiger partial charge in [-0.25, -0.2) is 4.98 Å². The molecular weight excluding hydrogens is 406 g/mol. The maximum Gasteiger partial charge on any atom is 0.252 e. The second kappa shape index (κ2) is 8.61. The van der Waals surface area contributed by atoms with Gasteiger partial charge in [-0.05, 0) is 24.1 Å². The highest BCUT2D eigenvalue weighted by Gasteiger charge is 2.25. The minimum Gasteiger partial charge on any atom is -0.352 e. The first-order valence-electron chi connectivity index (χ1n) is 10.7. The van der Waals surface area contributed by atoms with E-state index < -0.39 is 0 Å². The molecule has 7 heteroatoms. The largest absolute Gasteiger partial charge is 0.352 e. The monoisotopic (exact) mass is 431 g/mol. The number of H-pyrrole nitrogens is 1. The number of rotatable bonds is 6. The van der Waals surface area contributed by atoms with Gasteiger partial charge < -0.3 is 10.3 Å². The third-order valence-electron chi connectivity index (χ3n) is 5.93. The summed E-state index contributed by atoms with van der Waals surface area (Å²) in [6.07, 6.45) is 3.30. The number of pyridine rings is 1. The van der Waals surface area contributed by atoms with Gasteiger partial charge in [0.2, 0.25) is 0 Å². The number of carbonyl (C=O) groups is 1. The molecule has 158 valence electrons. The molecule has 6 nitrogen and oxygen atoms in total. The third-order valence-corrected chi connectivity index (χ3v) is 6.81. The molecule has 1 aromatic carbocycles. The molecule has 4 heterocycles. The third kappa shape index (κ3) is 3.86. The van der Waals surface area contributed by atoms with E-state index in [0.717, 1.165) is 70.0 Å². The first-order valence-corrected chi connectivity index (χ1v) is 11.6. The highest BCUT2D eigenvalue weighted by atomic mass is 32.1. The summed E-state index contributed by atoms with van der Waals surface area (Å²) in [5.74, 6) is -0.0232. The van der Waals surface area contributed by atoms with E-state index in [1.54, 1.807) is 17.7 Å². The minimum absolute atomic E-state index is 0.0232. The zero-order valence-electron chi connectivity index (χ0n) is 17.5. The van der Waals surface area contributed by atoms with Gasteiger partial charge in [-0.3, -0.25) is 14.7 Å². The Kier molecular flexibility index (Phi) is 5.53. The van der Waals surface area contributed by atoms with Crippen molar-refractivity contribution in [2.75, 3.05) is 19.6 Å². The number of nitrogens with zero attached hydrogens (tertiary/aromatic N) is 3.